The summed E-state index contributed by atoms with van der Waals surface area (Å²) in [5, 5.41) is 12.1. The number of piperidine rings is 1. The minimum Gasteiger partial charge on any atom is -0.465 e. The quantitative estimate of drug-likeness (QED) is 0.708. The molecule has 2 amide bonds. The van der Waals surface area contributed by atoms with Gasteiger partial charge in [0.25, 0.3) is 0 Å². The molecule has 1 saturated heterocycles. The van der Waals surface area contributed by atoms with E-state index in [2.05, 4.69) is 22.1 Å². The summed E-state index contributed by atoms with van der Waals surface area (Å²) in [5.41, 5.74) is 0.341. The van der Waals surface area contributed by atoms with Crippen LogP contribution in [0, 0.1) is 23.6 Å². The number of halogens is 2. The van der Waals surface area contributed by atoms with Gasteiger partial charge in [0.05, 0.1) is 5.56 Å². The fraction of sp³-hybridized carbons (Fsp3) is 0.500. The highest BCUT2D eigenvalue weighted by Gasteiger charge is 2.24. The highest BCUT2D eigenvalue weighted by molar-refractivity contribution is 6.30. The van der Waals surface area contributed by atoms with Gasteiger partial charge in [-0.3, -0.25) is 9.69 Å². The van der Waals surface area contributed by atoms with Crippen LogP contribution in [-0.2, 0) is 4.79 Å². The van der Waals surface area contributed by atoms with Crippen molar-refractivity contribution >= 4 is 23.6 Å². The molecule has 8 heteroatoms. The maximum absolute atomic E-state index is 13.7. The first kappa shape index (κ1) is 22.0. The van der Waals surface area contributed by atoms with Crippen LogP contribution in [0.25, 0.3) is 0 Å². The van der Waals surface area contributed by atoms with E-state index in [9.17, 15) is 19.1 Å². The zero-order chi connectivity index (χ0) is 20.5. The Kier molecular flexibility index (Phi) is 8.55. The van der Waals surface area contributed by atoms with Crippen molar-refractivity contribution in [3.05, 3.63) is 34.6 Å². The number of nitrogens with one attached hydrogen (secondary N) is 1. The summed E-state index contributed by atoms with van der Waals surface area (Å²) in [5.74, 6) is 5.34. The number of nitrogens with zero attached hydrogens (tertiary/aromatic N) is 2. The summed E-state index contributed by atoms with van der Waals surface area (Å²) < 4.78 is 13.7. The number of hydrogen-bond acceptors (Lipinski definition) is 3. The zero-order valence-electron chi connectivity index (χ0n) is 15.9. The summed E-state index contributed by atoms with van der Waals surface area (Å²) in [7, 11) is 1.49. The molecule has 6 nitrogen and oxygen atoms in total. The van der Waals surface area contributed by atoms with Crippen molar-refractivity contribution in [1.82, 2.24) is 15.1 Å². The third-order valence-corrected chi connectivity index (χ3v) is 5.01. The Hall–Kier alpha value is -2.30. The fourth-order valence-electron chi connectivity index (χ4n) is 3.13. The van der Waals surface area contributed by atoms with E-state index in [1.807, 2.05) is 0 Å². The molecule has 1 fully saturated rings. The van der Waals surface area contributed by atoms with Crippen molar-refractivity contribution in [3.8, 4) is 11.8 Å². The molecular formula is C20H25ClFN3O3. The average molecular weight is 410 g/mol. The monoisotopic (exact) mass is 409 g/mol. The summed E-state index contributed by atoms with van der Waals surface area (Å²) in [6.45, 7) is 2.73. The first-order valence-corrected chi connectivity index (χ1v) is 9.61. The smallest absolute Gasteiger partial charge is 0.407 e. The van der Waals surface area contributed by atoms with Gasteiger partial charge in [0, 0.05) is 31.6 Å². The molecule has 0 unspecified atom stereocenters. The molecule has 28 heavy (non-hydrogen) atoms. The van der Waals surface area contributed by atoms with Crippen molar-refractivity contribution < 1.29 is 19.1 Å². The van der Waals surface area contributed by atoms with E-state index < -0.39 is 11.9 Å². The van der Waals surface area contributed by atoms with E-state index in [-0.39, 0.29) is 18.4 Å². The summed E-state index contributed by atoms with van der Waals surface area (Å²) >= 11 is 5.72. The molecule has 2 N–H and O–H groups in total. The van der Waals surface area contributed by atoms with Crippen LogP contribution < -0.4 is 5.32 Å². The molecule has 152 valence electrons. The summed E-state index contributed by atoms with van der Waals surface area (Å²) in [6.07, 6.45) is 1.30. The molecule has 1 aliphatic rings. The largest absolute Gasteiger partial charge is 0.465 e. The molecule has 1 aliphatic heterocycles. The minimum atomic E-state index is -1.07. The topological polar surface area (TPSA) is 72.9 Å². The Bertz CT molecular complexity index is 755. The summed E-state index contributed by atoms with van der Waals surface area (Å²) in [4.78, 5) is 26.2. The Balaban J connectivity index is 1.74. The second-order valence-corrected chi connectivity index (χ2v) is 7.23. The second-order valence-electron chi connectivity index (χ2n) is 6.80. The van der Waals surface area contributed by atoms with E-state index in [1.165, 1.54) is 18.0 Å². The highest BCUT2D eigenvalue weighted by Crippen LogP contribution is 2.19. The van der Waals surface area contributed by atoms with Crippen LogP contribution in [0.4, 0.5) is 9.18 Å². The Morgan fingerprint density at radius 2 is 2.11 bits per heavy atom. The fourth-order valence-corrected chi connectivity index (χ4v) is 3.29. The van der Waals surface area contributed by atoms with E-state index in [0.717, 1.165) is 32.5 Å². The van der Waals surface area contributed by atoms with Gasteiger partial charge in [0.15, 0.2) is 0 Å². The standard InChI is InChI=1S/C20H25ClFN3O3/c1-23-19(26)14-25(20(27)28)13-15-7-10-24(11-8-15)9-3-2-4-16-5-6-17(21)12-18(16)22/h5-6,12,15H,3,7-11,13-14H2,1H3,(H,23,26)(H,27,28). The molecule has 1 aromatic carbocycles. The molecule has 0 aromatic heterocycles. The van der Waals surface area contributed by atoms with Crippen LogP contribution in [0.1, 0.15) is 24.8 Å². The highest BCUT2D eigenvalue weighted by atomic mass is 35.5. The van der Waals surface area contributed by atoms with Gasteiger partial charge < -0.3 is 15.3 Å². The van der Waals surface area contributed by atoms with Gasteiger partial charge in [-0.1, -0.05) is 23.4 Å². The number of benzene rings is 1. The molecule has 2 rings (SSSR count). The molecule has 0 spiro atoms. The van der Waals surface area contributed by atoms with Crippen molar-refractivity contribution in [2.75, 3.05) is 39.8 Å². The lowest BCUT2D eigenvalue weighted by Crippen LogP contribution is -2.44. The number of rotatable bonds is 6. The van der Waals surface area contributed by atoms with Crippen molar-refractivity contribution in [1.29, 1.82) is 0 Å². The first-order valence-electron chi connectivity index (χ1n) is 9.23. The Labute approximate surface area is 169 Å². The van der Waals surface area contributed by atoms with Gasteiger partial charge >= 0.3 is 6.09 Å². The number of hydrogen-bond donors (Lipinski definition) is 2. The zero-order valence-corrected chi connectivity index (χ0v) is 16.6. The minimum absolute atomic E-state index is 0.136. The average Bonchev–Trinajstić information content (AvgIpc) is 2.67. The van der Waals surface area contributed by atoms with Gasteiger partial charge in [-0.25, -0.2) is 9.18 Å². The molecule has 0 radical (unpaired) electrons. The van der Waals surface area contributed by atoms with E-state index >= 15 is 0 Å². The van der Waals surface area contributed by atoms with Gasteiger partial charge in [0.1, 0.15) is 12.4 Å². The predicted molar refractivity (Wildman–Crippen MR) is 106 cm³/mol. The SMILES string of the molecule is CNC(=O)CN(CC1CCN(CCC#Cc2ccc(Cl)cc2F)CC1)C(=O)O. The molecular weight excluding hydrogens is 385 g/mol. The van der Waals surface area contributed by atoms with Crippen LogP contribution in [0.5, 0.6) is 0 Å². The Morgan fingerprint density at radius 3 is 2.71 bits per heavy atom. The first-order chi connectivity index (χ1) is 13.4. The predicted octanol–water partition coefficient (Wildman–Crippen LogP) is 2.66. The normalized spacial score (nSPS) is 14.8. The number of carbonyl (C=O) groups excluding carboxylic acids is 1. The van der Waals surface area contributed by atoms with Crippen LogP contribution in [0.3, 0.4) is 0 Å². The maximum Gasteiger partial charge on any atom is 0.407 e. The molecule has 0 aliphatic carbocycles. The van der Waals surface area contributed by atoms with Crippen molar-refractivity contribution in [2.45, 2.75) is 19.3 Å². The molecule has 0 atom stereocenters. The Morgan fingerprint density at radius 1 is 1.39 bits per heavy atom. The third-order valence-electron chi connectivity index (χ3n) is 4.78. The third kappa shape index (κ3) is 7.02. The van der Waals surface area contributed by atoms with Gasteiger partial charge in [-0.05, 0) is 50.0 Å². The lowest BCUT2D eigenvalue weighted by Gasteiger charge is -2.33. The van der Waals surface area contributed by atoms with Gasteiger partial charge in [0.2, 0.25) is 5.91 Å². The van der Waals surface area contributed by atoms with Gasteiger partial charge in [-0.2, -0.15) is 0 Å². The molecule has 0 saturated carbocycles. The lowest BCUT2D eigenvalue weighted by atomic mass is 9.96. The number of amides is 2. The summed E-state index contributed by atoms with van der Waals surface area (Å²) in [6, 6.07) is 4.44. The number of carboxylic acid groups (broad SMARTS) is 1. The van der Waals surface area contributed by atoms with Crippen LogP contribution >= 0.6 is 11.6 Å². The number of likely N-dealkylation sites (N-methyl/N-ethyl adjacent to an activating group) is 1. The van der Waals surface area contributed by atoms with Crippen LogP contribution in [0.15, 0.2) is 18.2 Å². The second kappa shape index (κ2) is 10.9. The van der Waals surface area contributed by atoms with Gasteiger partial charge in [-0.15, -0.1) is 0 Å². The van der Waals surface area contributed by atoms with Crippen LogP contribution in [-0.4, -0.2) is 66.7 Å². The molecule has 1 heterocycles. The maximum atomic E-state index is 13.7. The number of carbonyl (C=O) groups is 2. The number of likely N-dealkylation sites (tertiary alicyclic amines) is 1. The van der Waals surface area contributed by atoms with Crippen LogP contribution in [0.2, 0.25) is 5.02 Å². The van der Waals surface area contributed by atoms with E-state index in [0.29, 0.717) is 23.6 Å². The van der Waals surface area contributed by atoms with E-state index in [4.69, 9.17) is 11.6 Å². The lowest BCUT2D eigenvalue weighted by molar-refractivity contribution is -0.121. The van der Waals surface area contributed by atoms with Crippen molar-refractivity contribution in [2.24, 2.45) is 5.92 Å². The molecule has 1 aromatic rings. The van der Waals surface area contributed by atoms with E-state index in [1.54, 1.807) is 12.1 Å². The van der Waals surface area contributed by atoms with Crippen molar-refractivity contribution in [3.63, 3.8) is 0 Å². The molecule has 0 bridgehead atoms.